The first-order valence-electron chi connectivity index (χ1n) is 6.36. The van der Waals surface area contributed by atoms with Gasteiger partial charge in [0, 0.05) is 6.42 Å². The highest BCUT2D eigenvalue weighted by molar-refractivity contribution is 6.00. The fourth-order valence-corrected chi connectivity index (χ4v) is 2.25. The van der Waals surface area contributed by atoms with Gasteiger partial charge in [-0.05, 0) is 37.8 Å². The molecule has 2 rings (SSSR count). The number of carboxylic acid groups (broad SMARTS) is 1. The van der Waals surface area contributed by atoms with Crippen molar-refractivity contribution in [1.29, 1.82) is 0 Å². The lowest BCUT2D eigenvalue weighted by Crippen LogP contribution is -2.17. The Hall–Kier alpha value is -2.10. The first-order chi connectivity index (χ1) is 9.06. The second-order valence-corrected chi connectivity index (χ2v) is 4.87. The fourth-order valence-electron chi connectivity index (χ4n) is 2.25. The SMILES string of the molecule is Cc1ccc(NC(=O)CC2C=CCC2)c(C(=O)O)c1. The standard InChI is InChI=1S/C15H17NO3/c1-10-6-7-13(12(8-10)15(18)19)16-14(17)9-11-4-2-3-5-11/h2,4,6-8,11H,3,5,9H2,1H3,(H,16,17)(H,18,19). The van der Waals surface area contributed by atoms with E-state index in [4.69, 9.17) is 5.11 Å². The summed E-state index contributed by atoms with van der Waals surface area (Å²) in [5, 5.41) is 11.8. The molecule has 1 atom stereocenters. The molecule has 4 nitrogen and oxygen atoms in total. The summed E-state index contributed by atoms with van der Waals surface area (Å²) in [6.45, 7) is 1.82. The molecule has 0 spiro atoms. The summed E-state index contributed by atoms with van der Waals surface area (Å²) < 4.78 is 0. The maximum absolute atomic E-state index is 11.9. The van der Waals surface area contributed by atoms with E-state index in [0.717, 1.165) is 18.4 Å². The second kappa shape index (κ2) is 5.69. The van der Waals surface area contributed by atoms with Crippen molar-refractivity contribution >= 4 is 17.6 Å². The summed E-state index contributed by atoms with van der Waals surface area (Å²) in [4.78, 5) is 23.0. The van der Waals surface area contributed by atoms with Crippen LogP contribution in [-0.4, -0.2) is 17.0 Å². The number of hydrogen-bond acceptors (Lipinski definition) is 2. The van der Waals surface area contributed by atoms with Crippen molar-refractivity contribution in [2.75, 3.05) is 5.32 Å². The molecule has 1 aliphatic rings. The molecule has 2 N–H and O–H groups in total. The number of nitrogens with one attached hydrogen (secondary N) is 1. The number of anilines is 1. The average molecular weight is 259 g/mol. The van der Waals surface area contributed by atoms with Crippen molar-refractivity contribution in [2.45, 2.75) is 26.2 Å². The van der Waals surface area contributed by atoms with Gasteiger partial charge in [0.1, 0.15) is 0 Å². The molecule has 0 aromatic heterocycles. The average Bonchev–Trinajstić information content (AvgIpc) is 2.83. The normalized spacial score (nSPS) is 17.4. The molecule has 0 heterocycles. The van der Waals surface area contributed by atoms with Gasteiger partial charge in [-0.3, -0.25) is 4.79 Å². The first kappa shape index (κ1) is 13.3. The Bertz CT molecular complexity index is 534. The molecule has 1 aromatic carbocycles. The van der Waals surface area contributed by atoms with E-state index in [9.17, 15) is 9.59 Å². The molecule has 0 saturated heterocycles. The van der Waals surface area contributed by atoms with Gasteiger partial charge in [-0.1, -0.05) is 23.8 Å². The van der Waals surface area contributed by atoms with Crippen molar-refractivity contribution < 1.29 is 14.7 Å². The number of carbonyl (C=O) groups excluding carboxylic acids is 1. The van der Waals surface area contributed by atoms with Crippen LogP contribution < -0.4 is 5.32 Å². The molecule has 0 aliphatic heterocycles. The van der Waals surface area contributed by atoms with Crippen LogP contribution in [0.4, 0.5) is 5.69 Å². The topological polar surface area (TPSA) is 66.4 Å². The second-order valence-electron chi connectivity index (χ2n) is 4.87. The summed E-state index contributed by atoms with van der Waals surface area (Å²) in [5.41, 5.74) is 1.36. The molecule has 19 heavy (non-hydrogen) atoms. The predicted molar refractivity (Wildman–Crippen MR) is 73.2 cm³/mol. The lowest BCUT2D eigenvalue weighted by molar-refractivity contribution is -0.116. The Morgan fingerprint density at radius 3 is 2.84 bits per heavy atom. The smallest absolute Gasteiger partial charge is 0.337 e. The highest BCUT2D eigenvalue weighted by Gasteiger charge is 2.16. The van der Waals surface area contributed by atoms with Crippen LogP contribution in [0.2, 0.25) is 0 Å². The summed E-state index contributed by atoms with van der Waals surface area (Å²) in [6, 6.07) is 4.99. The third kappa shape index (κ3) is 3.44. The Balaban J connectivity index is 2.07. The third-order valence-electron chi connectivity index (χ3n) is 3.24. The van der Waals surface area contributed by atoms with Crippen LogP contribution in [0.15, 0.2) is 30.4 Å². The van der Waals surface area contributed by atoms with Crippen LogP contribution in [0, 0.1) is 12.8 Å². The Kier molecular flexibility index (Phi) is 4.00. The summed E-state index contributed by atoms with van der Waals surface area (Å²) in [5.74, 6) is -0.888. The van der Waals surface area contributed by atoms with Crippen LogP contribution in [0.1, 0.15) is 35.2 Å². The lowest BCUT2D eigenvalue weighted by atomic mass is 10.0. The zero-order valence-electron chi connectivity index (χ0n) is 10.8. The van der Waals surface area contributed by atoms with Gasteiger partial charge in [0.25, 0.3) is 0 Å². The van der Waals surface area contributed by atoms with E-state index in [-0.39, 0.29) is 17.4 Å². The molecule has 0 bridgehead atoms. The summed E-state index contributed by atoms with van der Waals surface area (Å²) >= 11 is 0. The zero-order chi connectivity index (χ0) is 13.8. The van der Waals surface area contributed by atoms with Crippen LogP contribution in [0.5, 0.6) is 0 Å². The van der Waals surface area contributed by atoms with Gasteiger partial charge in [0.05, 0.1) is 11.3 Å². The molecule has 1 aliphatic carbocycles. The van der Waals surface area contributed by atoms with E-state index in [1.54, 1.807) is 18.2 Å². The van der Waals surface area contributed by atoms with Crippen LogP contribution in [0.25, 0.3) is 0 Å². The lowest BCUT2D eigenvalue weighted by Gasteiger charge is -2.11. The Morgan fingerprint density at radius 2 is 2.21 bits per heavy atom. The molecular weight excluding hydrogens is 242 g/mol. The molecular formula is C15H17NO3. The quantitative estimate of drug-likeness (QED) is 0.817. The molecule has 100 valence electrons. The molecule has 1 aromatic rings. The molecule has 0 fully saturated rings. The van der Waals surface area contributed by atoms with Gasteiger partial charge in [-0.25, -0.2) is 4.79 Å². The van der Waals surface area contributed by atoms with Crippen molar-refractivity contribution in [1.82, 2.24) is 0 Å². The number of carboxylic acids is 1. The maximum Gasteiger partial charge on any atom is 0.337 e. The van der Waals surface area contributed by atoms with E-state index >= 15 is 0 Å². The van der Waals surface area contributed by atoms with E-state index in [1.165, 1.54) is 0 Å². The number of benzene rings is 1. The van der Waals surface area contributed by atoms with E-state index in [2.05, 4.69) is 11.4 Å². The summed E-state index contributed by atoms with van der Waals surface area (Å²) in [6.07, 6.45) is 6.54. The van der Waals surface area contributed by atoms with Crippen LogP contribution in [0.3, 0.4) is 0 Å². The minimum absolute atomic E-state index is 0.135. The van der Waals surface area contributed by atoms with Crippen molar-refractivity contribution in [3.05, 3.63) is 41.5 Å². The molecule has 1 unspecified atom stereocenters. The number of hydrogen-bond donors (Lipinski definition) is 2. The van der Waals surface area contributed by atoms with E-state index in [0.29, 0.717) is 12.1 Å². The van der Waals surface area contributed by atoms with Crippen molar-refractivity contribution in [2.24, 2.45) is 5.92 Å². The highest BCUT2D eigenvalue weighted by Crippen LogP contribution is 2.22. The zero-order valence-corrected chi connectivity index (χ0v) is 10.8. The van der Waals surface area contributed by atoms with Gasteiger partial charge in [0.2, 0.25) is 5.91 Å². The third-order valence-corrected chi connectivity index (χ3v) is 3.24. The molecule has 0 radical (unpaired) electrons. The summed E-state index contributed by atoms with van der Waals surface area (Å²) in [7, 11) is 0. The monoisotopic (exact) mass is 259 g/mol. The van der Waals surface area contributed by atoms with E-state index in [1.807, 2.05) is 13.0 Å². The van der Waals surface area contributed by atoms with Gasteiger partial charge in [-0.15, -0.1) is 0 Å². The molecule has 4 heteroatoms. The number of amides is 1. The Morgan fingerprint density at radius 1 is 1.42 bits per heavy atom. The number of allylic oxidation sites excluding steroid dienone is 2. The largest absolute Gasteiger partial charge is 0.478 e. The number of aryl methyl sites for hydroxylation is 1. The first-order valence-corrected chi connectivity index (χ1v) is 6.36. The van der Waals surface area contributed by atoms with Gasteiger partial charge in [0.15, 0.2) is 0 Å². The number of carbonyl (C=O) groups is 2. The number of rotatable bonds is 4. The van der Waals surface area contributed by atoms with Crippen LogP contribution >= 0.6 is 0 Å². The highest BCUT2D eigenvalue weighted by atomic mass is 16.4. The van der Waals surface area contributed by atoms with Crippen molar-refractivity contribution in [3.8, 4) is 0 Å². The molecule has 1 amide bonds. The maximum atomic E-state index is 11.9. The number of aromatic carboxylic acids is 1. The van der Waals surface area contributed by atoms with Crippen LogP contribution in [-0.2, 0) is 4.79 Å². The molecule has 0 saturated carbocycles. The predicted octanol–water partition coefficient (Wildman–Crippen LogP) is 2.99. The minimum Gasteiger partial charge on any atom is -0.478 e. The van der Waals surface area contributed by atoms with Gasteiger partial charge < -0.3 is 10.4 Å². The van der Waals surface area contributed by atoms with E-state index < -0.39 is 5.97 Å². The minimum atomic E-state index is -1.03. The van der Waals surface area contributed by atoms with Gasteiger partial charge in [-0.2, -0.15) is 0 Å². The van der Waals surface area contributed by atoms with Gasteiger partial charge >= 0.3 is 5.97 Å². The van der Waals surface area contributed by atoms with Crippen molar-refractivity contribution in [3.63, 3.8) is 0 Å². The Labute approximate surface area is 112 Å². The fraction of sp³-hybridized carbons (Fsp3) is 0.333.